The van der Waals surface area contributed by atoms with Crippen LogP contribution >= 0.6 is 0 Å². The molecule has 3 heterocycles. The zero-order valence-corrected chi connectivity index (χ0v) is 49.9. The molecule has 2 aromatic carbocycles. The van der Waals surface area contributed by atoms with Gasteiger partial charge in [-0.05, 0) is 169 Å². The van der Waals surface area contributed by atoms with Gasteiger partial charge in [-0.2, -0.15) is 0 Å². The maximum atomic E-state index is 15.6. The van der Waals surface area contributed by atoms with E-state index in [0.717, 1.165) is 101 Å². The van der Waals surface area contributed by atoms with Gasteiger partial charge in [0.25, 0.3) is 0 Å². The predicted molar refractivity (Wildman–Crippen MR) is 306 cm³/mol. The average Bonchev–Trinajstić information content (AvgIpc) is 3.35. The highest BCUT2D eigenvalue weighted by Crippen LogP contribution is 2.50. The Morgan fingerprint density at radius 1 is 0.587 bits per heavy atom. The Bertz CT molecular complexity index is 2320. The third kappa shape index (κ3) is 16.4. The molecule has 75 heavy (non-hydrogen) atoms. The molecule has 0 saturated heterocycles. The first kappa shape index (κ1) is 61.6. The lowest BCUT2D eigenvalue weighted by Crippen LogP contribution is -2.57. The van der Waals surface area contributed by atoms with Crippen molar-refractivity contribution in [2.75, 3.05) is 0 Å². The van der Waals surface area contributed by atoms with Crippen LogP contribution in [0.25, 0.3) is 0 Å². The van der Waals surface area contributed by atoms with Gasteiger partial charge in [-0.3, -0.25) is 4.98 Å². The third-order valence-electron chi connectivity index (χ3n) is 18.1. The van der Waals surface area contributed by atoms with E-state index >= 15 is 4.79 Å². The van der Waals surface area contributed by atoms with Crippen LogP contribution in [0.4, 0.5) is 0 Å². The monoisotopic (exact) mass is 1040 g/mol. The lowest BCUT2D eigenvalue weighted by atomic mass is 9.73. The van der Waals surface area contributed by atoms with E-state index in [9.17, 15) is 15.0 Å². The fraction of sp³-hybridized carbons (Fsp3) is 0.712. The van der Waals surface area contributed by atoms with E-state index in [0.29, 0.717) is 48.6 Å². The Kier molecular flexibility index (Phi) is 22.9. The normalized spacial score (nSPS) is 21.4. The quantitative estimate of drug-likeness (QED) is 0.0654. The summed E-state index contributed by atoms with van der Waals surface area (Å²) in [5, 5.41) is 22.8. The second-order valence-corrected chi connectivity index (χ2v) is 25.6. The molecule has 9 nitrogen and oxygen atoms in total. The second kappa shape index (κ2) is 27.9. The van der Waals surface area contributed by atoms with Crippen LogP contribution in [0, 0.1) is 83.0 Å². The summed E-state index contributed by atoms with van der Waals surface area (Å²) >= 11 is 0. The molecule has 3 aromatic rings. The van der Waals surface area contributed by atoms with Gasteiger partial charge in [0.15, 0.2) is 0 Å². The number of benzene rings is 2. The van der Waals surface area contributed by atoms with Crippen LogP contribution in [0.5, 0.6) is 23.0 Å². The number of esters is 2. The van der Waals surface area contributed by atoms with Crippen molar-refractivity contribution in [3.8, 4) is 23.0 Å². The molecular weight excluding hydrogens is 935 g/mol. The lowest BCUT2D eigenvalue weighted by molar-refractivity contribution is -0.182. The molecule has 5 rings (SSSR count). The molecule has 0 aliphatic carbocycles. The van der Waals surface area contributed by atoms with Crippen LogP contribution in [0.2, 0.25) is 0 Å². The molecule has 0 bridgehead atoms. The van der Waals surface area contributed by atoms with Gasteiger partial charge < -0.3 is 29.2 Å². The van der Waals surface area contributed by atoms with Crippen molar-refractivity contribution in [2.24, 2.45) is 41.4 Å². The third-order valence-corrected chi connectivity index (χ3v) is 18.1. The van der Waals surface area contributed by atoms with E-state index in [2.05, 4.69) is 74.2 Å². The lowest BCUT2D eigenvalue weighted by Gasteiger charge is -2.47. The number of carbonyl (C=O) groups is 2. The first-order valence-corrected chi connectivity index (χ1v) is 29.7. The summed E-state index contributed by atoms with van der Waals surface area (Å²) in [4.78, 5) is 34.2. The van der Waals surface area contributed by atoms with Crippen molar-refractivity contribution < 1.29 is 38.7 Å². The largest absolute Gasteiger partial charge is 0.507 e. The molecule has 0 radical (unpaired) electrons. The van der Waals surface area contributed by atoms with Gasteiger partial charge in [0.1, 0.15) is 40.3 Å². The Morgan fingerprint density at radius 3 is 1.44 bits per heavy atom. The summed E-state index contributed by atoms with van der Waals surface area (Å²) in [6.45, 7) is 34.4. The summed E-state index contributed by atoms with van der Waals surface area (Å²) in [5.41, 5.74) is 4.63. The topological polar surface area (TPSA) is 124 Å². The molecule has 9 heteroatoms. The van der Waals surface area contributed by atoms with Gasteiger partial charge in [0.05, 0.1) is 11.5 Å². The minimum atomic E-state index is -1.39. The molecule has 9 atom stereocenters. The van der Waals surface area contributed by atoms with Gasteiger partial charge in [0.2, 0.25) is 6.10 Å². The van der Waals surface area contributed by atoms with Crippen molar-refractivity contribution in [3.63, 3.8) is 0 Å². The van der Waals surface area contributed by atoms with Gasteiger partial charge in [-0.1, -0.05) is 145 Å². The molecule has 0 amide bonds. The summed E-state index contributed by atoms with van der Waals surface area (Å²) in [7, 11) is 0. The van der Waals surface area contributed by atoms with Crippen molar-refractivity contribution in [3.05, 3.63) is 74.6 Å². The zero-order chi connectivity index (χ0) is 55.4. The minimum absolute atomic E-state index is 0.200. The minimum Gasteiger partial charge on any atom is -0.507 e. The maximum Gasteiger partial charge on any atom is 0.348 e. The Balaban J connectivity index is 1.45. The first-order chi connectivity index (χ1) is 35.4. The smallest absolute Gasteiger partial charge is 0.348 e. The van der Waals surface area contributed by atoms with Crippen LogP contribution in [0.15, 0.2) is 24.5 Å². The highest BCUT2D eigenvalue weighted by Gasteiger charge is 2.53. The molecule has 420 valence electrons. The van der Waals surface area contributed by atoms with E-state index in [4.69, 9.17) is 18.9 Å². The van der Waals surface area contributed by atoms with E-state index in [-0.39, 0.29) is 17.1 Å². The standard InChI is InChI=1S/C66H103NO8/c1-41(2)24-17-26-43(5)28-19-30-45(7)32-21-35-65(15)56(38-54-51(13)58(68)47(9)49(11)60(54)74-65)62(73-63(70)53-34-23-37-67-40-53)64(71)72-57-39-55-52(14)59(69)48(10)50(12)61(55)75-66(57,16)36-22-33-46(8)31-20-29-44(6)27-18-25-42(3)4/h23,34,37,40-46,56-57,62,68-69H,17-22,24-33,35-36,38-39H2,1-16H3/t43-,44-,45+,46+,56?,57?,62?,65-,66-/m0/s1. The van der Waals surface area contributed by atoms with E-state index in [1.165, 1.54) is 76.8 Å². The van der Waals surface area contributed by atoms with Gasteiger partial charge in [-0.25, -0.2) is 9.59 Å². The average molecular weight is 1040 g/mol. The zero-order valence-electron chi connectivity index (χ0n) is 49.9. The molecular formula is C66H103NO8. The molecule has 0 saturated carbocycles. The molecule has 2 aliphatic rings. The predicted octanol–water partition coefficient (Wildman–Crippen LogP) is 17.1. The van der Waals surface area contributed by atoms with E-state index < -0.39 is 41.3 Å². The number of aromatic nitrogens is 1. The number of fused-ring (bicyclic) bond motifs is 2. The summed E-state index contributed by atoms with van der Waals surface area (Å²) in [6.07, 6.45) is 21.6. The molecule has 0 fully saturated rings. The van der Waals surface area contributed by atoms with Crippen molar-refractivity contribution in [1.82, 2.24) is 4.98 Å². The number of carbonyl (C=O) groups excluding carboxylic acids is 2. The van der Waals surface area contributed by atoms with E-state index in [1.54, 1.807) is 18.3 Å². The second-order valence-electron chi connectivity index (χ2n) is 25.6. The summed E-state index contributed by atoms with van der Waals surface area (Å²) in [6, 6.07) is 3.32. The van der Waals surface area contributed by atoms with Crippen molar-refractivity contribution in [2.45, 2.75) is 263 Å². The number of nitrogens with zero attached hydrogens (tertiary/aromatic N) is 1. The SMILES string of the molecule is Cc1c(C)c2c(c(C)c1O)CC(OC(=O)C(OC(=O)c1cccnc1)C1Cc3c(C)c(O)c(C)c(C)c3O[C@@]1(C)CCC[C@H](C)CCC[C@@H](C)CCCC(C)C)[C@](C)(CCC[C@H](C)CCC[C@@H](C)CCCC(C)C)O2. The van der Waals surface area contributed by atoms with Gasteiger partial charge >= 0.3 is 11.9 Å². The molecule has 2 aliphatic heterocycles. The number of hydrogen-bond acceptors (Lipinski definition) is 9. The van der Waals surface area contributed by atoms with Gasteiger partial charge in [-0.15, -0.1) is 0 Å². The van der Waals surface area contributed by atoms with Crippen molar-refractivity contribution >= 4 is 11.9 Å². The fourth-order valence-corrected chi connectivity index (χ4v) is 12.3. The number of aromatic hydroxyl groups is 2. The highest BCUT2D eigenvalue weighted by atomic mass is 16.6. The number of phenolic OH excluding ortho intramolecular Hbond substituents is 2. The van der Waals surface area contributed by atoms with Gasteiger partial charge in [0, 0.05) is 29.9 Å². The fourth-order valence-electron chi connectivity index (χ4n) is 12.3. The first-order valence-electron chi connectivity index (χ1n) is 29.7. The van der Waals surface area contributed by atoms with Crippen LogP contribution in [-0.4, -0.2) is 50.5 Å². The number of hydrogen-bond donors (Lipinski definition) is 2. The maximum absolute atomic E-state index is 15.6. The van der Waals surface area contributed by atoms with Crippen LogP contribution in [0.1, 0.15) is 240 Å². The Hall–Kier alpha value is -4.27. The number of pyridine rings is 1. The Labute approximate surface area is 455 Å². The number of phenols is 2. The molecule has 1 aromatic heterocycles. The molecule has 0 spiro atoms. The molecule has 2 N–H and O–H groups in total. The number of rotatable bonds is 29. The Morgan fingerprint density at radius 2 is 1.00 bits per heavy atom. The van der Waals surface area contributed by atoms with Crippen LogP contribution in [-0.2, 0) is 27.1 Å². The van der Waals surface area contributed by atoms with Crippen LogP contribution < -0.4 is 9.47 Å². The van der Waals surface area contributed by atoms with Crippen molar-refractivity contribution in [1.29, 1.82) is 0 Å². The van der Waals surface area contributed by atoms with Crippen LogP contribution in [0.3, 0.4) is 0 Å². The van der Waals surface area contributed by atoms with E-state index in [1.807, 2.05) is 41.5 Å². The summed E-state index contributed by atoms with van der Waals surface area (Å²) < 4.78 is 27.7. The molecule has 3 unspecified atom stereocenters. The number of ether oxygens (including phenoxy) is 4. The highest BCUT2D eigenvalue weighted by molar-refractivity contribution is 5.91. The summed E-state index contributed by atoms with van der Waals surface area (Å²) in [5.74, 6) is 3.88.